The van der Waals surface area contributed by atoms with Crippen LogP contribution in [0.25, 0.3) is 10.6 Å². The molecule has 0 saturated heterocycles. The number of ether oxygens (including phenoxy) is 1. The standard InChI is InChI=1S/C19H18N2O4S2/c1-21(2)18(22)12-27-16-7-4-3-6-14(16)19(23)24-11-13-10-15(25-20-13)17-8-5-9-26-17/h3-10H,11-12H2,1-2H3. The van der Waals surface area contributed by atoms with Crippen molar-refractivity contribution in [2.45, 2.75) is 11.5 Å². The number of thiophene rings is 1. The molecule has 3 rings (SSSR count). The summed E-state index contributed by atoms with van der Waals surface area (Å²) in [4.78, 5) is 27.4. The van der Waals surface area contributed by atoms with Gasteiger partial charge in [0.15, 0.2) is 5.76 Å². The number of benzene rings is 1. The first-order chi connectivity index (χ1) is 13.0. The molecule has 0 atom stereocenters. The quantitative estimate of drug-likeness (QED) is 0.440. The van der Waals surface area contributed by atoms with Crippen LogP contribution < -0.4 is 0 Å². The molecule has 0 aliphatic rings. The highest BCUT2D eigenvalue weighted by molar-refractivity contribution is 8.00. The number of carbonyl (C=O) groups is 2. The van der Waals surface area contributed by atoms with E-state index in [1.807, 2.05) is 23.6 Å². The highest BCUT2D eigenvalue weighted by Crippen LogP contribution is 2.26. The summed E-state index contributed by atoms with van der Waals surface area (Å²) in [5, 5.41) is 5.89. The van der Waals surface area contributed by atoms with Gasteiger partial charge in [-0.3, -0.25) is 4.79 Å². The first kappa shape index (κ1) is 19.2. The number of aromatic nitrogens is 1. The highest BCUT2D eigenvalue weighted by atomic mass is 32.2. The number of nitrogens with zero attached hydrogens (tertiary/aromatic N) is 2. The van der Waals surface area contributed by atoms with Gasteiger partial charge in [0.1, 0.15) is 12.3 Å². The van der Waals surface area contributed by atoms with Crippen LogP contribution in [-0.4, -0.2) is 41.8 Å². The summed E-state index contributed by atoms with van der Waals surface area (Å²) >= 11 is 2.86. The molecule has 0 fully saturated rings. The third kappa shape index (κ3) is 4.99. The number of hydrogen-bond donors (Lipinski definition) is 0. The van der Waals surface area contributed by atoms with Gasteiger partial charge in [-0.1, -0.05) is 23.4 Å². The van der Waals surface area contributed by atoms with Crippen molar-refractivity contribution in [1.29, 1.82) is 0 Å². The topological polar surface area (TPSA) is 72.6 Å². The van der Waals surface area contributed by atoms with Gasteiger partial charge in [0.2, 0.25) is 5.91 Å². The van der Waals surface area contributed by atoms with Crippen LogP contribution in [0.3, 0.4) is 0 Å². The van der Waals surface area contributed by atoms with Crippen LogP contribution in [0, 0.1) is 0 Å². The van der Waals surface area contributed by atoms with Crippen LogP contribution in [0.4, 0.5) is 0 Å². The highest BCUT2D eigenvalue weighted by Gasteiger charge is 2.16. The number of rotatable bonds is 7. The van der Waals surface area contributed by atoms with Gasteiger partial charge < -0.3 is 14.2 Å². The van der Waals surface area contributed by atoms with E-state index in [-0.39, 0.29) is 18.3 Å². The van der Waals surface area contributed by atoms with Crippen molar-refractivity contribution in [3.63, 3.8) is 0 Å². The lowest BCUT2D eigenvalue weighted by Crippen LogP contribution is -2.23. The van der Waals surface area contributed by atoms with Gasteiger partial charge in [0.25, 0.3) is 0 Å². The van der Waals surface area contributed by atoms with Crippen molar-refractivity contribution < 1.29 is 18.8 Å². The molecule has 3 aromatic rings. The Bertz CT molecular complexity index is 919. The molecule has 2 heterocycles. The zero-order valence-electron chi connectivity index (χ0n) is 14.9. The SMILES string of the molecule is CN(C)C(=O)CSc1ccccc1C(=O)OCc1cc(-c2cccs2)on1. The Balaban J connectivity index is 1.62. The van der Waals surface area contributed by atoms with E-state index >= 15 is 0 Å². The predicted octanol–water partition coefficient (Wildman–Crippen LogP) is 3.94. The predicted molar refractivity (Wildman–Crippen MR) is 105 cm³/mol. The van der Waals surface area contributed by atoms with Crippen LogP contribution in [0.15, 0.2) is 57.3 Å². The average molecular weight is 402 g/mol. The minimum absolute atomic E-state index is 0.0172. The lowest BCUT2D eigenvalue weighted by Gasteiger charge is -2.11. The van der Waals surface area contributed by atoms with Crippen molar-refractivity contribution in [1.82, 2.24) is 10.1 Å². The molecule has 0 radical (unpaired) electrons. The fraction of sp³-hybridized carbons (Fsp3) is 0.211. The lowest BCUT2D eigenvalue weighted by molar-refractivity contribution is -0.125. The van der Waals surface area contributed by atoms with Gasteiger partial charge >= 0.3 is 5.97 Å². The summed E-state index contributed by atoms with van der Waals surface area (Å²) in [5.74, 6) is 0.419. The molecule has 1 aromatic carbocycles. The Labute approximate surface area is 165 Å². The molecule has 0 aliphatic heterocycles. The van der Waals surface area contributed by atoms with Crippen LogP contribution in [0.5, 0.6) is 0 Å². The van der Waals surface area contributed by atoms with Crippen molar-refractivity contribution in [2.75, 3.05) is 19.8 Å². The van der Waals surface area contributed by atoms with E-state index in [0.717, 1.165) is 4.88 Å². The number of carbonyl (C=O) groups excluding carboxylic acids is 2. The second-order valence-corrected chi connectivity index (χ2v) is 7.77. The Morgan fingerprint density at radius 1 is 1.22 bits per heavy atom. The fourth-order valence-electron chi connectivity index (χ4n) is 2.16. The van der Waals surface area contributed by atoms with E-state index in [9.17, 15) is 9.59 Å². The van der Waals surface area contributed by atoms with Gasteiger partial charge in [0.05, 0.1) is 16.2 Å². The number of amides is 1. The Morgan fingerprint density at radius 2 is 2.04 bits per heavy atom. The first-order valence-electron chi connectivity index (χ1n) is 8.13. The van der Waals surface area contributed by atoms with Crippen LogP contribution >= 0.6 is 23.1 Å². The third-order valence-corrected chi connectivity index (χ3v) is 5.57. The van der Waals surface area contributed by atoms with Crippen molar-refractivity contribution in [3.8, 4) is 10.6 Å². The minimum atomic E-state index is -0.462. The second-order valence-electron chi connectivity index (χ2n) is 5.81. The van der Waals surface area contributed by atoms with E-state index in [1.165, 1.54) is 16.7 Å². The number of hydrogen-bond acceptors (Lipinski definition) is 7. The summed E-state index contributed by atoms with van der Waals surface area (Å²) in [5.41, 5.74) is 0.968. The summed E-state index contributed by atoms with van der Waals surface area (Å²) < 4.78 is 10.7. The van der Waals surface area contributed by atoms with Gasteiger partial charge in [-0.15, -0.1) is 23.1 Å². The van der Waals surface area contributed by atoms with E-state index in [2.05, 4.69) is 5.16 Å². The third-order valence-electron chi connectivity index (χ3n) is 3.63. The molecule has 0 aliphatic carbocycles. The molecule has 0 N–H and O–H groups in total. The molecule has 2 aromatic heterocycles. The zero-order chi connectivity index (χ0) is 19.2. The Hall–Kier alpha value is -2.58. The molecule has 0 saturated carbocycles. The molecular formula is C19H18N2O4S2. The molecule has 0 unspecified atom stereocenters. The van der Waals surface area contributed by atoms with Gasteiger partial charge in [-0.05, 0) is 23.6 Å². The smallest absolute Gasteiger partial charge is 0.339 e. The zero-order valence-corrected chi connectivity index (χ0v) is 16.5. The maximum absolute atomic E-state index is 12.5. The van der Waals surface area contributed by atoms with E-state index in [4.69, 9.17) is 9.26 Å². The second kappa shape index (κ2) is 8.88. The molecule has 27 heavy (non-hydrogen) atoms. The summed E-state index contributed by atoms with van der Waals surface area (Å²) in [6, 6.07) is 12.7. The molecule has 6 nitrogen and oxygen atoms in total. The molecule has 0 spiro atoms. The maximum atomic E-state index is 12.5. The fourth-order valence-corrected chi connectivity index (χ4v) is 3.85. The van der Waals surface area contributed by atoms with Crippen LogP contribution in [0.2, 0.25) is 0 Å². The average Bonchev–Trinajstić information content (AvgIpc) is 3.35. The maximum Gasteiger partial charge on any atom is 0.339 e. The lowest BCUT2D eigenvalue weighted by atomic mass is 10.2. The van der Waals surface area contributed by atoms with Gasteiger partial charge in [-0.25, -0.2) is 4.79 Å². The number of thioether (sulfide) groups is 1. The first-order valence-corrected chi connectivity index (χ1v) is 9.99. The Morgan fingerprint density at radius 3 is 2.78 bits per heavy atom. The van der Waals surface area contributed by atoms with E-state index in [1.54, 1.807) is 49.7 Å². The van der Waals surface area contributed by atoms with Gasteiger partial charge in [-0.2, -0.15) is 0 Å². The summed E-state index contributed by atoms with van der Waals surface area (Å²) in [6.07, 6.45) is 0. The van der Waals surface area contributed by atoms with Crippen molar-refractivity contribution >= 4 is 35.0 Å². The summed E-state index contributed by atoms with van der Waals surface area (Å²) in [6.45, 7) is 0.0172. The summed E-state index contributed by atoms with van der Waals surface area (Å²) in [7, 11) is 3.40. The van der Waals surface area contributed by atoms with Crippen LogP contribution in [-0.2, 0) is 16.1 Å². The molecule has 0 bridgehead atoms. The molecule has 140 valence electrons. The van der Waals surface area contributed by atoms with Crippen LogP contribution in [0.1, 0.15) is 16.1 Å². The van der Waals surface area contributed by atoms with Crippen molar-refractivity contribution in [2.24, 2.45) is 0 Å². The normalized spacial score (nSPS) is 10.6. The minimum Gasteiger partial charge on any atom is -0.455 e. The van der Waals surface area contributed by atoms with E-state index < -0.39 is 5.97 Å². The van der Waals surface area contributed by atoms with Gasteiger partial charge in [0, 0.05) is 25.1 Å². The van der Waals surface area contributed by atoms with Crippen molar-refractivity contribution in [3.05, 3.63) is 59.1 Å². The Kier molecular flexibility index (Phi) is 6.31. The molecule has 8 heteroatoms. The molecule has 1 amide bonds. The number of esters is 1. The largest absolute Gasteiger partial charge is 0.455 e. The molecular weight excluding hydrogens is 384 g/mol. The van der Waals surface area contributed by atoms with E-state index in [0.29, 0.717) is 21.9 Å². The monoisotopic (exact) mass is 402 g/mol.